The highest BCUT2D eigenvalue weighted by molar-refractivity contribution is 7.99. The molecule has 2 aliphatic heterocycles. The predicted octanol–water partition coefficient (Wildman–Crippen LogP) is 3.82. The number of likely N-dealkylation sites (tertiary alicyclic amines) is 2. The Bertz CT molecular complexity index is 1190. The Morgan fingerprint density at radius 1 is 0.971 bits per heavy atom. The van der Waals surface area contributed by atoms with Crippen LogP contribution in [0.5, 0.6) is 0 Å². The number of aromatic nitrogens is 4. The lowest BCUT2D eigenvalue weighted by Crippen LogP contribution is -2.48. The summed E-state index contributed by atoms with van der Waals surface area (Å²) in [5.41, 5.74) is 1.91. The third kappa shape index (κ3) is 4.30. The van der Waals surface area contributed by atoms with E-state index in [2.05, 4.69) is 31.0 Å². The molecule has 0 spiro atoms. The van der Waals surface area contributed by atoms with Crippen LogP contribution in [-0.4, -0.2) is 71.7 Å². The van der Waals surface area contributed by atoms with Crippen LogP contribution >= 0.6 is 11.8 Å². The van der Waals surface area contributed by atoms with Crippen molar-refractivity contribution in [3.63, 3.8) is 0 Å². The summed E-state index contributed by atoms with van der Waals surface area (Å²) in [7, 11) is 0. The second kappa shape index (κ2) is 9.60. The molecule has 3 aromatic rings. The standard InChI is InChI=1S/C25H34N6O2S/c1-17-8-7-13-28(14-17)23(33)16-34-25-27-26-24-29(20-11-4-5-12-21(20)31(24)25)15-22(32)30-18(2)9-6-10-19(30)3/h4-5,11-12,17-19H,6-10,13-16H2,1-3H3. The number of fused-ring (bicyclic) bond motifs is 3. The van der Waals surface area contributed by atoms with E-state index >= 15 is 0 Å². The fraction of sp³-hybridized carbons (Fsp3) is 0.600. The van der Waals surface area contributed by atoms with Crippen molar-refractivity contribution < 1.29 is 9.59 Å². The first-order valence-corrected chi connectivity index (χ1v) is 13.5. The topological polar surface area (TPSA) is 75.7 Å². The number of nitrogens with zero attached hydrogens (tertiary/aromatic N) is 6. The summed E-state index contributed by atoms with van der Waals surface area (Å²) in [6.07, 6.45) is 5.53. The molecule has 1 aromatic carbocycles. The molecule has 2 saturated heterocycles. The van der Waals surface area contributed by atoms with Crippen LogP contribution in [0.1, 0.15) is 52.9 Å². The molecular weight excluding hydrogens is 448 g/mol. The third-order valence-corrected chi connectivity index (χ3v) is 8.29. The minimum Gasteiger partial charge on any atom is -0.342 e. The van der Waals surface area contributed by atoms with Gasteiger partial charge in [0.2, 0.25) is 17.6 Å². The largest absolute Gasteiger partial charge is 0.342 e. The summed E-state index contributed by atoms with van der Waals surface area (Å²) in [6, 6.07) is 8.52. The first-order valence-electron chi connectivity index (χ1n) is 12.5. The van der Waals surface area contributed by atoms with Crippen LogP contribution in [0.4, 0.5) is 0 Å². The Morgan fingerprint density at radius 3 is 2.44 bits per heavy atom. The summed E-state index contributed by atoms with van der Waals surface area (Å²) in [5, 5.41) is 9.55. The zero-order chi connectivity index (χ0) is 23.8. The summed E-state index contributed by atoms with van der Waals surface area (Å²) < 4.78 is 3.96. The number of para-hydroxylation sites is 2. The zero-order valence-electron chi connectivity index (χ0n) is 20.3. The molecule has 9 heteroatoms. The highest BCUT2D eigenvalue weighted by Crippen LogP contribution is 2.28. The number of carbonyl (C=O) groups is 2. The van der Waals surface area contributed by atoms with Crippen LogP contribution in [0.2, 0.25) is 0 Å². The van der Waals surface area contributed by atoms with Gasteiger partial charge in [-0.2, -0.15) is 0 Å². The minimum absolute atomic E-state index is 0.120. The highest BCUT2D eigenvalue weighted by atomic mass is 32.2. The average molecular weight is 483 g/mol. The Hall–Kier alpha value is -2.55. The van der Waals surface area contributed by atoms with Gasteiger partial charge in [0, 0.05) is 25.2 Å². The van der Waals surface area contributed by atoms with Crippen molar-refractivity contribution in [2.75, 3.05) is 18.8 Å². The monoisotopic (exact) mass is 482 g/mol. The second-order valence-corrected chi connectivity index (χ2v) is 10.9. The molecule has 0 saturated carbocycles. The van der Waals surface area contributed by atoms with Crippen molar-refractivity contribution in [3.05, 3.63) is 24.3 Å². The lowest BCUT2D eigenvalue weighted by molar-refractivity contribution is -0.137. The smallest absolute Gasteiger partial charge is 0.243 e. The summed E-state index contributed by atoms with van der Waals surface area (Å²) in [4.78, 5) is 30.2. The Kier molecular flexibility index (Phi) is 6.55. The lowest BCUT2D eigenvalue weighted by atomic mass is 9.97. The number of thioether (sulfide) groups is 1. The summed E-state index contributed by atoms with van der Waals surface area (Å²) in [5.74, 6) is 1.82. The number of benzene rings is 1. The van der Waals surface area contributed by atoms with E-state index in [1.165, 1.54) is 24.6 Å². The van der Waals surface area contributed by atoms with Crippen LogP contribution < -0.4 is 0 Å². The van der Waals surface area contributed by atoms with Crippen molar-refractivity contribution in [2.24, 2.45) is 5.92 Å². The first kappa shape index (κ1) is 23.2. The maximum atomic E-state index is 13.4. The molecule has 34 heavy (non-hydrogen) atoms. The number of piperidine rings is 2. The fourth-order valence-electron chi connectivity index (χ4n) is 5.65. The van der Waals surface area contributed by atoms with E-state index in [-0.39, 0.29) is 30.4 Å². The Morgan fingerprint density at radius 2 is 1.71 bits per heavy atom. The van der Waals surface area contributed by atoms with Crippen LogP contribution in [0, 0.1) is 5.92 Å². The van der Waals surface area contributed by atoms with E-state index in [1.54, 1.807) is 0 Å². The van der Waals surface area contributed by atoms with Crippen molar-refractivity contribution in [2.45, 2.75) is 76.7 Å². The predicted molar refractivity (Wildman–Crippen MR) is 134 cm³/mol. The average Bonchev–Trinajstić information content (AvgIpc) is 3.37. The van der Waals surface area contributed by atoms with Crippen molar-refractivity contribution in [3.8, 4) is 0 Å². The molecule has 2 fully saturated rings. The van der Waals surface area contributed by atoms with Crippen LogP contribution in [0.15, 0.2) is 29.4 Å². The van der Waals surface area contributed by atoms with E-state index in [4.69, 9.17) is 0 Å². The number of carbonyl (C=O) groups excluding carboxylic acids is 2. The lowest BCUT2D eigenvalue weighted by Gasteiger charge is -2.39. The van der Waals surface area contributed by atoms with Crippen molar-refractivity contribution in [1.82, 2.24) is 29.0 Å². The van der Waals surface area contributed by atoms with Crippen LogP contribution in [-0.2, 0) is 16.1 Å². The fourth-order valence-corrected chi connectivity index (χ4v) is 6.49. The van der Waals surface area contributed by atoms with Crippen molar-refractivity contribution in [1.29, 1.82) is 0 Å². The molecule has 0 aliphatic carbocycles. The molecule has 8 nitrogen and oxygen atoms in total. The van der Waals surface area contributed by atoms with Gasteiger partial charge in [-0.3, -0.25) is 18.6 Å². The molecule has 0 bridgehead atoms. The summed E-state index contributed by atoms with van der Waals surface area (Å²) in [6.45, 7) is 8.40. The quantitative estimate of drug-likeness (QED) is 0.517. The third-order valence-electron chi connectivity index (χ3n) is 7.38. The van der Waals surface area contributed by atoms with E-state index in [9.17, 15) is 9.59 Å². The van der Waals surface area contributed by atoms with E-state index < -0.39 is 0 Å². The Balaban J connectivity index is 1.40. The van der Waals surface area contributed by atoms with Gasteiger partial charge < -0.3 is 9.80 Å². The molecule has 0 N–H and O–H groups in total. The van der Waals surface area contributed by atoms with Gasteiger partial charge in [0.1, 0.15) is 6.54 Å². The van der Waals surface area contributed by atoms with Gasteiger partial charge >= 0.3 is 0 Å². The van der Waals surface area contributed by atoms with Crippen LogP contribution in [0.25, 0.3) is 16.8 Å². The number of amides is 2. The van der Waals surface area contributed by atoms with Crippen molar-refractivity contribution >= 4 is 40.4 Å². The molecule has 0 radical (unpaired) electrons. The molecule has 3 atom stereocenters. The highest BCUT2D eigenvalue weighted by Gasteiger charge is 2.30. The van der Waals surface area contributed by atoms with Gasteiger partial charge in [-0.25, -0.2) is 0 Å². The molecular formula is C25H34N6O2S. The van der Waals surface area contributed by atoms with E-state index in [0.717, 1.165) is 43.4 Å². The normalized spacial score (nSPS) is 23.7. The molecule has 5 rings (SSSR count). The Labute approximate surface area is 204 Å². The molecule has 2 aliphatic rings. The second-order valence-electron chi connectivity index (χ2n) is 10.00. The van der Waals surface area contributed by atoms with E-state index in [0.29, 0.717) is 22.6 Å². The number of imidazole rings is 1. The zero-order valence-corrected chi connectivity index (χ0v) is 21.1. The molecule has 182 valence electrons. The summed E-state index contributed by atoms with van der Waals surface area (Å²) >= 11 is 1.42. The molecule has 2 aromatic heterocycles. The van der Waals surface area contributed by atoms with Gasteiger partial charge in [-0.1, -0.05) is 30.8 Å². The van der Waals surface area contributed by atoms with Gasteiger partial charge in [-0.05, 0) is 64.0 Å². The SMILES string of the molecule is CC1CCCN(C(=O)CSc2nnc3n(CC(=O)N4C(C)CCCC4C)c4ccccc4n23)C1. The maximum Gasteiger partial charge on any atom is 0.243 e. The molecule has 2 amide bonds. The molecule has 4 heterocycles. The number of hydrogen-bond donors (Lipinski definition) is 0. The number of rotatable bonds is 5. The maximum absolute atomic E-state index is 13.4. The minimum atomic E-state index is 0.120. The van der Waals surface area contributed by atoms with E-state index in [1.807, 2.05) is 43.0 Å². The first-order chi connectivity index (χ1) is 16.4. The van der Waals surface area contributed by atoms with Gasteiger partial charge in [0.25, 0.3) is 0 Å². The molecule has 3 unspecified atom stereocenters. The van der Waals surface area contributed by atoms with Gasteiger partial charge in [0.05, 0.1) is 16.8 Å². The van der Waals surface area contributed by atoms with Crippen LogP contribution in [0.3, 0.4) is 0 Å². The van der Waals surface area contributed by atoms with Gasteiger partial charge in [0.15, 0.2) is 5.16 Å². The van der Waals surface area contributed by atoms with Gasteiger partial charge in [-0.15, -0.1) is 10.2 Å². The number of hydrogen-bond acceptors (Lipinski definition) is 5.